The average Bonchev–Trinajstić information content (AvgIpc) is 3.09. The Kier molecular flexibility index (Phi) is 4.23. The molecule has 0 radical (unpaired) electrons. The van der Waals surface area contributed by atoms with E-state index in [1.807, 2.05) is 6.07 Å². The van der Waals surface area contributed by atoms with Gasteiger partial charge in [0.25, 0.3) is 11.8 Å². The van der Waals surface area contributed by atoms with Crippen molar-refractivity contribution in [2.75, 3.05) is 4.90 Å². The first-order valence-electron chi connectivity index (χ1n) is 7.43. The molecule has 26 heavy (non-hydrogen) atoms. The Hall–Kier alpha value is -2.68. The molecule has 0 unspecified atom stereocenters. The summed E-state index contributed by atoms with van der Waals surface area (Å²) in [5, 5.41) is 3.10. The van der Waals surface area contributed by atoms with Gasteiger partial charge in [-0.1, -0.05) is 23.7 Å². The number of hydrogen-bond donors (Lipinski definition) is 1. The van der Waals surface area contributed by atoms with E-state index in [0.29, 0.717) is 27.3 Å². The predicted octanol–water partition coefficient (Wildman–Crippen LogP) is 3.18. The lowest BCUT2D eigenvalue weighted by atomic mass is 10.1. The third-order valence-electron chi connectivity index (χ3n) is 3.80. The second kappa shape index (κ2) is 6.56. The van der Waals surface area contributed by atoms with Gasteiger partial charge in [0.15, 0.2) is 5.11 Å². The molecule has 9 heteroatoms. The zero-order valence-electron chi connectivity index (χ0n) is 13.0. The molecule has 3 aromatic rings. The maximum Gasteiger partial charge on any atom is 0.270 e. The van der Waals surface area contributed by atoms with Crippen molar-refractivity contribution in [3.8, 4) is 0 Å². The Bertz CT molecular complexity index is 1090. The summed E-state index contributed by atoms with van der Waals surface area (Å²) in [4.78, 5) is 26.6. The summed E-state index contributed by atoms with van der Waals surface area (Å²) < 4.78 is 8.39. The van der Waals surface area contributed by atoms with Crippen LogP contribution in [0.15, 0.2) is 48.0 Å². The first-order chi connectivity index (χ1) is 12.5. The standard InChI is InChI=1S/C17H9ClN4O2S2/c18-10-4-6-11(7-5-10)22-16(24)12(15(23)19-17(22)25)8-9-2-1-3-13-14(9)21-26-20-13/h1-8H,(H,19,23,25)/b12-8+. The molecular formula is C17H9ClN4O2S2. The normalized spacial score (nSPS) is 16.4. The van der Waals surface area contributed by atoms with Crippen LogP contribution in [-0.2, 0) is 9.59 Å². The highest BCUT2D eigenvalue weighted by atomic mass is 35.5. The van der Waals surface area contributed by atoms with Crippen molar-refractivity contribution in [3.05, 3.63) is 58.6 Å². The molecule has 128 valence electrons. The highest BCUT2D eigenvalue weighted by Crippen LogP contribution is 2.25. The maximum absolute atomic E-state index is 13.0. The number of carbonyl (C=O) groups excluding carboxylic acids is 2. The quantitative estimate of drug-likeness (QED) is 0.406. The Balaban J connectivity index is 1.79. The van der Waals surface area contributed by atoms with E-state index in [0.717, 1.165) is 11.7 Å². The van der Waals surface area contributed by atoms with Gasteiger partial charge in [0.05, 0.1) is 17.4 Å². The summed E-state index contributed by atoms with van der Waals surface area (Å²) in [5.41, 5.74) is 2.46. The van der Waals surface area contributed by atoms with Gasteiger partial charge in [-0.15, -0.1) is 0 Å². The van der Waals surface area contributed by atoms with Gasteiger partial charge in [-0.25, -0.2) is 0 Å². The van der Waals surface area contributed by atoms with Crippen molar-refractivity contribution in [1.82, 2.24) is 14.1 Å². The lowest BCUT2D eigenvalue weighted by Crippen LogP contribution is -2.54. The molecule has 1 aliphatic heterocycles. The van der Waals surface area contributed by atoms with Gasteiger partial charge in [-0.05, 0) is 48.6 Å². The molecule has 0 bridgehead atoms. The number of thiocarbonyl (C=S) groups is 1. The number of fused-ring (bicyclic) bond motifs is 1. The predicted molar refractivity (Wildman–Crippen MR) is 105 cm³/mol. The molecule has 0 aliphatic carbocycles. The third kappa shape index (κ3) is 2.88. The minimum Gasteiger partial charge on any atom is -0.298 e. The Morgan fingerprint density at radius 2 is 1.88 bits per heavy atom. The molecule has 2 aromatic carbocycles. The molecule has 1 N–H and O–H groups in total. The van der Waals surface area contributed by atoms with Crippen LogP contribution in [0.5, 0.6) is 0 Å². The van der Waals surface area contributed by atoms with Crippen LogP contribution in [0, 0.1) is 0 Å². The molecule has 6 nitrogen and oxygen atoms in total. The molecule has 0 spiro atoms. The van der Waals surface area contributed by atoms with Crippen LogP contribution in [0.3, 0.4) is 0 Å². The van der Waals surface area contributed by atoms with Crippen molar-refractivity contribution in [1.29, 1.82) is 0 Å². The number of hydrogen-bond acceptors (Lipinski definition) is 6. The number of amides is 2. The van der Waals surface area contributed by atoms with E-state index in [2.05, 4.69) is 14.1 Å². The minimum atomic E-state index is -0.551. The second-order valence-corrected chi connectivity index (χ2v) is 6.77. The summed E-state index contributed by atoms with van der Waals surface area (Å²) in [7, 11) is 0. The SMILES string of the molecule is O=C1NC(=S)N(c2ccc(Cl)cc2)C(=O)/C1=C/c1cccc2nsnc12. The van der Waals surface area contributed by atoms with Crippen LogP contribution >= 0.6 is 35.5 Å². The number of rotatable bonds is 2. The highest BCUT2D eigenvalue weighted by molar-refractivity contribution is 7.80. The molecular weight excluding hydrogens is 392 g/mol. The topological polar surface area (TPSA) is 75.2 Å². The smallest absolute Gasteiger partial charge is 0.270 e. The maximum atomic E-state index is 13.0. The summed E-state index contributed by atoms with van der Waals surface area (Å²) in [6.45, 7) is 0. The van der Waals surface area contributed by atoms with Crippen molar-refractivity contribution >= 4 is 75.3 Å². The lowest BCUT2D eigenvalue weighted by Gasteiger charge is -2.28. The van der Waals surface area contributed by atoms with E-state index in [1.165, 1.54) is 11.0 Å². The lowest BCUT2D eigenvalue weighted by molar-refractivity contribution is -0.122. The molecule has 2 amide bonds. The molecule has 1 aromatic heterocycles. The third-order valence-corrected chi connectivity index (χ3v) is 4.88. The molecule has 1 fully saturated rings. The van der Waals surface area contributed by atoms with Gasteiger partial charge >= 0.3 is 0 Å². The fraction of sp³-hybridized carbons (Fsp3) is 0. The Labute approximate surface area is 162 Å². The van der Waals surface area contributed by atoms with E-state index >= 15 is 0 Å². The average molecular weight is 401 g/mol. The van der Waals surface area contributed by atoms with Crippen LogP contribution in [0.2, 0.25) is 5.02 Å². The fourth-order valence-corrected chi connectivity index (χ4v) is 3.54. The number of benzene rings is 2. The molecule has 0 atom stereocenters. The number of halogens is 1. The van der Waals surface area contributed by atoms with Crippen LogP contribution in [0.1, 0.15) is 5.56 Å². The monoisotopic (exact) mass is 400 g/mol. The molecule has 1 saturated heterocycles. The van der Waals surface area contributed by atoms with Crippen LogP contribution in [0.25, 0.3) is 17.1 Å². The van der Waals surface area contributed by atoms with Crippen LogP contribution < -0.4 is 10.2 Å². The molecule has 1 aliphatic rings. The molecule has 2 heterocycles. The van der Waals surface area contributed by atoms with E-state index < -0.39 is 11.8 Å². The van der Waals surface area contributed by atoms with Gasteiger partial charge in [-0.3, -0.25) is 19.8 Å². The van der Waals surface area contributed by atoms with E-state index in [-0.39, 0.29) is 10.7 Å². The van der Waals surface area contributed by atoms with Crippen molar-refractivity contribution in [2.24, 2.45) is 0 Å². The summed E-state index contributed by atoms with van der Waals surface area (Å²) >= 11 is 12.1. The summed E-state index contributed by atoms with van der Waals surface area (Å²) in [6.07, 6.45) is 1.51. The summed E-state index contributed by atoms with van der Waals surface area (Å²) in [5.74, 6) is -1.06. The van der Waals surface area contributed by atoms with E-state index in [9.17, 15) is 9.59 Å². The van der Waals surface area contributed by atoms with Crippen LogP contribution in [-0.4, -0.2) is 25.7 Å². The van der Waals surface area contributed by atoms with Gasteiger partial charge < -0.3 is 0 Å². The number of nitrogens with zero attached hydrogens (tertiary/aromatic N) is 3. The number of nitrogens with one attached hydrogen (secondary N) is 1. The number of carbonyl (C=O) groups is 2. The fourth-order valence-electron chi connectivity index (χ4n) is 2.58. The van der Waals surface area contributed by atoms with Gasteiger partial charge in [0, 0.05) is 10.6 Å². The zero-order valence-corrected chi connectivity index (χ0v) is 15.4. The summed E-state index contributed by atoms with van der Waals surface area (Å²) in [6, 6.07) is 12.0. The van der Waals surface area contributed by atoms with E-state index in [1.54, 1.807) is 36.4 Å². The van der Waals surface area contributed by atoms with Crippen LogP contribution in [0.4, 0.5) is 5.69 Å². The first kappa shape index (κ1) is 16.8. The molecule has 0 saturated carbocycles. The van der Waals surface area contributed by atoms with Gasteiger partial charge in [0.2, 0.25) is 0 Å². The van der Waals surface area contributed by atoms with Crippen molar-refractivity contribution < 1.29 is 9.59 Å². The van der Waals surface area contributed by atoms with Gasteiger partial charge in [-0.2, -0.15) is 8.75 Å². The molecule has 4 rings (SSSR count). The Morgan fingerprint density at radius 3 is 2.65 bits per heavy atom. The number of anilines is 1. The Morgan fingerprint density at radius 1 is 1.12 bits per heavy atom. The zero-order chi connectivity index (χ0) is 18.3. The van der Waals surface area contributed by atoms with E-state index in [4.69, 9.17) is 23.8 Å². The highest BCUT2D eigenvalue weighted by Gasteiger charge is 2.34. The minimum absolute atomic E-state index is 0.0213. The second-order valence-electron chi connectivity index (χ2n) is 5.41. The largest absolute Gasteiger partial charge is 0.298 e. The first-order valence-corrected chi connectivity index (χ1v) is 8.94. The van der Waals surface area contributed by atoms with Gasteiger partial charge in [0.1, 0.15) is 16.6 Å². The number of aromatic nitrogens is 2. The van der Waals surface area contributed by atoms with Crippen molar-refractivity contribution in [2.45, 2.75) is 0 Å². The van der Waals surface area contributed by atoms with Crippen molar-refractivity contribution in [3.63, 3.8) is 0 Å².